The number of nitrogens with zero attached hydrogens (tertiary/aromatic N) is 1. The lowest BCUT2D eigenvalue weighted by atomic mass is 9.92. The Labute approximate surface area is 107 Å². The van der Waals surface area contributed by atoms with E-state index in [0.717, 1.165) is 6.54 Å². The van der Waals surface area contributed by atoms with Crippen LogP contribution in [0.5, 0.6) is 0 Å². The van der Waals surface area contributed by atoms with Gasteiger partial charge in [-0.05, 0) is 30.2 Å². The first-order chi connectivity index (χ1) is 8.44. The largest absolute Gasteiger partial charge is 0.397 e. The molecule has 5 nitrogen and oxygen atoms in total. The fourth-order valence-electron chi connectivity index (χ4n) is 2.19. The van der Waals surface area contributed by atoms with Crippen molar-refractivity contribution >= 4 is 17.4 Å². The predicted molar refractivity (Wildman–Crippen MR) is 72.2 cm³/mol. The number of pyridine rings is 1. The summed E-state index contributed by atoms with van der Waals surface area (Å²) in [4.78, 5) is 15.5. The van der Waals surface area contributed by atoms with Crippen molar-refractivity contribution in [2.24, 2.45) is 17.1 Å². The average molecular weight is 248 g/mol. The van der Waals surface area contributed by atoms with Gasteiger partial charge in [-0.3, -0.25) is 4.79 Å². The fraction of sp³-hybridized carbons (Fsp3) is 0.538. The number of carbonyl (C=O) groups is 1. The maximum absolute atomic E-state index is 11.3. The second-order valence-corrected chi connectivity index (χ2v) is 5.40. The zero-order valence-corrected chi connectivity index (χ0v) is 10.9. The molecule has 0 aliphatic heterocycles. The lowest BCUT2D eigenvalue weighted by Gasteiger charge is -2.21. The molecule has 98 valence electrons. The number of carbonyl (C=O) groups excluding carboxylic acids is 1. The highest BCUT2D eigenvalue weighted by molar-refractivity contribution is 5.98. The molecule has 1 saturated carbocycles. The van der Waals surface area contributed by atoms with Crippen LogP contribution in [0, 0.1) is 11.3 Å². The van der Waals surface area contributed by atoms with E-state index >= 15 is 0 Å². The third-order valence-corrected chi connectivity index (χ3v) is 3.90. The van der Waals surface area contributed by atoms with E-state index in [2.05, 4.69) is 24.1 Å². The van der Waals surface area contributed by atoms with Crippen molar-refractivity contribution in [2.75, 3.05) is 17.6 Å². The summed E-state index contributed by atoms with van der Waals surface area (Å²) in [5.41, 5.74) is 12.1. The Morgan fingerprint density at radius 1 is 1.56 bits per heavy atom. The zero-order chi connectivity index (χ0) is 13.3. The lowest BCUT2D eigenvalue weighted by molar-refractivity contribution is 0.100. The molecular weight excluding hydrogens is 228 g/mol. The highest BCUT2D eigenvalue weighted by Gasteiger charge is 2.45. The fourth-order valence-corrected chi connectivity index (χ4v) is 2.19. The summed E-state index contributed by atoms with van der Waals surface area (Å²) >= 11 is 0. The highest BCUT2D eigenvalue weighted by atomic mass is 16.1. The second-order valence-electron chi connectivity index (χ2n) is 5.40. The number of nitrogens with one attached hydrogen (secondary N) is 1. The van der Waals surface area contributed by atoms with Crippen LogP contribution in [0.3, 0.4) is 0 Å². The van der Waals surface area contributed by atoms with E-state index in [1.54, 1.807) is 6.07 Å². The Bertz CT molecular complexity index is 466. The standard InChI is InChI=1S/C13H20N4O/c1-8(2)13(3-4-13)7-17-12-10(11(15)18)5-9(14)6-16-12/h5-6,8H,3-4,7,14H2,1-2H3,(H2,15,18)(H,16,17). The lowest BCUT2D eigenvalue weighted by Crippen LogP contribution is -2.23. The van der Waals surface area contributed by atoms with Gasteiger partial charge in [-0.25, -0.2) is 4.98 Å². The third kappa shape index (κ3) is 2.39. The predicted octanol–water partition coefficient (Wildman–Crippen LogP) is 1.61. The Balaban J connectivity index is 2.12. The smallest absolute Gasteiger partial charge is 0.252 e. The molecule has 1 aromatic rings. The van der Waals surface area contributed by atoms with Crippen LogP contribution in [0.4, 0.5) is 11.5 Å². The minimum Gasteiger partial charge on any atom is -0.397 e. The van der Waals surface area contributed by atoms with Crippen LogP contribution in [0.1, 0.15) is 37.0 Å². The topological polar surface area (TPSA) is 94.0 Å². The first-order valence-corrected chi connectivity index (χ1v) is 6.24. The van der Waals surface area contributed by atoms with Gasteiger partial charge in [0.05, 0.1) is 17.4 Å². The van der Waals surface area contributed by atoms with Crippen LogP contribution in [-0.2, 0) is 0 Å². The Kier molecular flexibility index (Phi) is 3.15. The van der Waals surface area contributed by atoms with Crippen LogP contribution < -0.4 is 16.8 Å². The molecule has 0 saturated heterocycles. The Hall–Kier alpha value is -1.78. The number of hydrogen-bond acceptors (Lipinski definition) is 4. The van der Waals surface area contributed by atoms with Crippen molar-refractivity contribution in [3.63, 3.8) is 0 Å². The summed E-state index contributed by atoms with van der Waals surface area (Å²) in [6.07, 6.45) is 3.97. The van der Waals surface area contributed by atoms with Gasteiger partial charge in [-0.1, -0.05) is 13.8 Å². The molecule has 2 rings (SSSR count). The number of aromatic nitrogens is 1. The molecule has 0 aromatic carbocycles. The monoisotopic (exact) mass is 248 g/mol. The van der Waals surface area contributed by atoms with Gasteiger partial charge in [-0.15, -0.1) is 0 Å². The van der Waals surface area contributed by atoms with Gasteiger partial charge < -0.3 is 16.8 Å². The molecule has 0 unspecified atom stereocenters. The molecule has 0 atom stereocenters. The molecule has 1 amide bonds. The summed E-state index contributed by atoms with van der Waals surface area (Å²) in [6, 6.07) is 1.56. The van der Waals surface area contributed by atoms with E-state index in [-0.39, 0.29) is 0 Å². The number of hydrogen-bond donors (Lipinski definition) is 3. The Morgan fingerprint density at radius 3 is 2.72 bits per heavy atom. The number of nitrogens with two attached hydrogens (primary N) is 2. The van der Waals surface area contributed by atoms with Crippen molar-refractivity contribution in [1.29, 1.82) is 0 Å². The molecule has 0 bridgehead atoms. The minimum atomic E-state index is -0.508. The van der Waals surface area contributed by atoms with E-state index in [1.165, 1.54) is 19.0 Å². The number of amides is 1. The van der Waals surface area contributed by atoms with Crippen molar-refractivity contribution < 1.29 is 4.79 Å². The quantitative estimate of drug-likeness (QED) is 0.738. The third-order valence-electron chi connectivity index (χ3n) is 3.90. The van der Waals surface area contributed by atoms with Crippen molar-refractivity contribution in [3.8, 4) is 0 Å². The van der Waals surface area contributed by atoms with Crippen LogP contribution in [0.2, 0.25) is 0 Å². The zero-order valence-electron chi connectivity index (χ0n) is 10.9. The molecule has 0 radical (unpaired) electrons. The average Bonchev–Trinajstić information content (AvgIpc) is 3.08. The van der Waals surface area contributed by atoms with Gasteiger partial charge in [0, 0.05) is 6.54 Å². The normalized spacial score (nSPS) is 16.6. The molecule has 1 aromatic heterocycles. The van der Waals surface area contributed by atoms with Crippen molar-refractivity contribution in [2.45, 2.75) is 26.7 Å². The summed E-state index contributed by atoms with van der Waals surface area (Å²) in [5, 5.41) is 3.24. The van der Waals surface area contributed by atoms with Gasteiger partial charge in [0.15, 0.2) is 0 Å². The van der Waals surface area contributed by atoms with Crippen LogP contribution >= 0.6 is 0 Å². The molecule has 1 heterocycles. The molecule has 1 fully saturated rings. The molecular formula is C13H20N4O. The molecule has 5 N–H and O–H groups in total. The first kappa shape index (κ1) is 12.7. The minimum absolute atomic E-state index is 0.345. The van der Waals surface area contributed by atoms with Crippen molar-refractivity contribution in [1.82, 2.24) is 4.98 Å². The van der Waals surface area contributed by atoms with E-state index in [4.69, 9.17) is 11.5 Å². The van der Waals surface area contributed by atoms with Gasteiger partial charge in [0.25, 0.3) is 5.91 Å². The summed E-state index contributed by atoms with van der Waals surface area (Å²) < 4.78 is 0. The van der Waals surface area contributed by atoms with E-state index in [9.17, 15) is 4.79 Å². The summed E-state index contributed by atoms with van der Waals surface area (Å²) in [6.45, 7) is 5.27. The number of rotatable bonds is 5. The number of primary amides is 1. The summed E-state index contributed by atoms with van der Waals surface area (Å²) in [5.74, 6) is 0.645. The first-order valence-electron chi connectivity index (χ1n) is 6.24. The molecule has 1 aliphatic carbocycles. The van der Waals surface area contributed by atoms with E-state index < -0.39 is 5.91 Å². The summed E-state index contributed by atoms with van der Waals surface area (Å²) in [7, 11) is 0. The van der Waals surface area contributed by atoms with Crippen LogP contribution in [-0.4, -0.2) is 17.4 Å². The highest BCUT2D eigenvalue weighted by Crippen LogP contribution is 2.51. The van der Waals surface area contributed by atoms with E-state index in [0.29, 0.717) is 28.4 Å². The van der Waals surface area contributed by atoms with Crippen LogP contribution in [0.15, 0.2) is 12.3 Å². The molecule has 18 heavy (non-hydrogen) atoms. The number of nitrogen functional groups attached to an aromatic ring is 1. The SMILES string of the molecule is CC(C)C1(CNc2ncc(N)cc2C(N)=O)CC1. The molecule has 1 aliphatic rings. The van der Waals surface area contributed by atoms with Gasteiger partial charge >= 0.3 is 0 Å². The molecule has 0 spiro atoms. The second kappa shape index (κ2) is 4.48. The maximum Gasteiger partial charge on any atom is 0.252 e. The Morgan fingerprint density at radius 2 is 2.22 bits per heavy atom. The van der Waals surface area contributed by atoms with Crippen LogP contribution in [0.25, 0.3) is 0 Å². The van der Waals surface area contributed by atoms with Gasteiger partial charge in [0.1, 0.15) is 5.82 Å². The van der Waals surface area contributed by atoms with E-state index in [1.807, 2.05) is 0 Å². The molecule has 5 heteroatoms. The van der Waals surface area contributed by atoms with Crippen molar-refractivity contribution in [3.05, 3.63) is 17.8 Å². The maximum atomic E-state index is 11.3. The number of anilines is 2. The van der Waals surface area contributed by atoms with Gasteiger partial charge in [0.2, 0.25) is 0 Å². The van der Waals surface area contributed by atoms with Gasteiger partial charge in [-0.2, -0.15) is 0 Å².